The molecule has 2 aromatic carbocycles. The minimum absolute atomic E-state index is 0.0743. The topological polar surface area (TPSA) is 157 Å². The molecule has 1 aromatic heterocycles. The number of ether oxygens (including phenoxy) is 1. The zero-order chi connectivity index (χ0) is 25.7. The minimum Gasteiger partial charge on any atom is -0.495 e. The highest BCUT2D eigenvalue weighted by Gasteiger charge is 2.36. The molecular weight excluding hydrogens is 504 g/mol. The first kappa shape index (κ1) is 25.1. The number of primary amides is 1. The van der Waals surface area contributed by atoms with Crippen molar-refractivity contribution in [1.29, 1.82) is 0 Å². The van der Waals surface area contributed by atoms with Crippen LogP contribution in [0.15, 0.2) is 52.9 Å². The second-order valence-corrected chi connectivity index (χ2v) is 9.92. The molecule has 4 amide bonds. The van der Waals surface area contributed by atoms with Crippen molar-refractivity contribution in [3.8, 4) is 5.75 Å². The summed E-state index contributed by atoms with van der Waals surface area (Å²) in [6, 6.07) is 13.4. The van der Waals surface area contributed by atoms with Crippen LogP contribution >= 0.6 is 23.1 Å². The number of nitrogens with one attached hydrogen (secondary N) is 2. The number of hydrogen-bond donors (Lipinski definition) is 3. The number of nitrogens with zero attached hydrogens (tertiary/aromatic N) is 3. The number of amides is 4. The molecule has 1 aliphatic rings. The van der Waals surface area contributed by atoms with Gasteiger partial charge in [0.25, 0.3) is 0 Å². The number of carbonyl (C=O) groups excluding carboxylic acids is 4. The van der Waals surface area contributed by atoms with E-state index in [1.807, 2.05) is 6.07 Å². The average Bonchev–Trinajstić information content (AvgIpc) is 3.49. The molecule has 4 rings (SSSR count). The Morgan fingerprint density at radius 3 is 2.61 bits per heavy atom. The van der Waals surface area contributed by atoms with Crippen molar-refractivity contribution in [2.75, 3.05) is 34.9 Å². The Labute approximate surface area is 214 Å². The summed E-state index contributed by atoms with van der Waals surface area (Å²) in [4.78, 5) is 50.2. The molecule has 1 fully saturated rings. The van der Waals surface area contributed by atoms with Gasteiger partial charge >= 0.3 is 0 Å². The van der Waals surface area contributed by atoms with Crippen LogP contribution in [0.2, 0.25) is 0 Å². The number of methoxy groups -OCH3 is 1. The van der Waals surface area contributed by atoms with Gasteiger partial charge in [-0.25, -0.2) is 0 Å². The fraction of sp³-hybridized carbons (Fsp3) is 0.217. The van der Waals surface area contributed by atoms with Gasteiger partial charge in [0.05, 0.1) is 24.5 Å². The molecule has 0 saturated carbocycles. The molecule has 4 N–H and O–H groups in total. The van der Waals surface area contributed by atoms with E-state index >= 15 is 0 Å². The lowest BCUT2D eigenvalue weighted by molar-refractivity contribution is -0.122. The van der Waals surface area contributed by atoms with Gasteiger partial charge in [0.2, 0.25) is 28.8 Å². The van der Waals surface area contributed by atoms with Crippen LogP contribution in [0, 0.1) is 5.92 Å². The number of hydrogen-bond acceptors (Lipinski definition) is 9. The Morgan fingerprint density at radius 1 is 1.14 bits per heavy atom. The molecule has 1 aliphatic heterocycles. The third-order valence-corrected chi connectivity index (χ3v) is 7.26. The van der Waals surface area contributed by atoms with Gasteiger partial charge in [-0.1, -0.05) is 35.2 Å². The van der Waals surface area contributed by atoms with E-state index in [-0.39, 0.29) is 41.6 Å². The largest absolute Gasteiger partial charge is 0.495 e. The molecule has 0 bridgehead atoms. The lowest BCUT2D eigenvalue weighted by Crippen LogP contribution is -2.28. The second-order valence-electron chi connectivity index (χ2n) is 7.72. The first-order valence-electron chi connectivity index (χ1n) is 10.7. The quantitative estimate of drug-likeness (QED) is 0.283. The van der Waals surface area contributed by atoms with Crippen LogP contribution in [0.5, 0.6) is 5.75 Å². The van der Waals surface area contributed by atoms with Crippen LogP contribution in [0.25, 0.3) is 0 Å². The summed E-state index contributed by atoms with van der Waals surface area (Å²) in [5.74, 6) is -1.22. The van der Waals surface area contributed by atoms with E-state index in [0.717, 1.165) is 11.3 Å². The van der Waals surface area contributed by atoms with Crippen molar-refractivity contribution in [2.45, 2.75) is 10.8 Å². The maximum atomic E-state index is 12.8. The number of thioether (sulfide) groups is 1. The van der Waals surface area contributed by atoms with E-state index in [9.17, 15) is 19.2 Å². The molecule has 0 spiro atoms. The standard InChI is InChI=1S/C23H22N6O5S2/c1-34-17-5-3-2-4-16(17)29-11-14(10-19(29)31)21(33)26-22-27-28-23(36-22)35-12-18(30)25-15-8-6-13(7-9-15)20(24)32/h2-9,14H,10-12H2,1H3,(H2,24,32)(H,25,30)(H,26,27,33)/t14-/m0/s1. The summed E-state index contributed by atoms with van der Waals surface area (Å²) in [5.41, 5.74) is 6.70. The fourth-order valence-corrected chi connectivity index (χ4v) is 5.09. The molecule has 0 radical (unpaired) electrons. The van der Waals surface area contributed by atoms with E-state index in [2.05, 4.69) is 20.8 Å². The lowest BCUT2D eigenvalue weighted by Gasteiger charge is -2.19. The Bertz CT molecular complexity index is 1300. The first-order valence-corrected chi connectivity index (χ1v) is 12.5. The van der Waals surface area contributed by atoms with E-state index in [1.165, 1.54) is 31.0 Å². The molecule has 1 atom stereocenters. The third-order valence-electron chi connectivity index (χ3n) is 5.29. The molecule has 0 aliphatic carbocycles. The van der Waals surface area contributed by atoms with Crippen molar-refractivity contribution in [1.82, 2.24) is 10.2 Å². The fourth-order valence-electron chi connectivity index (χ4n) is 3.54. The van der Waals surface area contributed by atoms with Gasteiger partial charge in [-0.15, -0.1) is 10.2 Å². The van der Waals surface area contributed by atoms with Gasteiger partial charge in [-0.05, 0) is 36.4 Å². The molecule has 2 heterocycles. The Kier molecular flexibility index (Phi) is 7.80. The van der Waals surface area contributed by atoms with Crippen LogP contribution in [0.1, 0.15) is 16.8 Å². The summed E-state index contributed by atoms with van der Waals surface area (Å²) in [6.07, 6.45) is 0.0743. The summed E-state index contributed by atoms with van der Waals surface area (Å²) in [7, 11) is 1.53. The summed E-state index contributed by atoms with van der Waals surface area (Å²) in [6.45, 7) is 0.228. The smallest absolute Gasteiger partial charge is 0.248 e. The van der Waals surface area contributed by atoms with Crippen LogP contribution in [-0.4, -0.2) is 53.2 Å². The zero-order valence-corrected chi connectivity index (χ0v) is 20.7. The van der Waals surface area contributed by atoms with E-state index in [0.29, 0.717) is 27.0 Å². The second kappa shape index (κ2) is 11.2. The highest BCUT2D eigenvalue weighted by Crippen LogP contribution is 2.33. The van der Waals surface area contributed by atoms with Gasteiger partial charge < -0.3 is 26.0 Å². The third kappa shape index (κ3) is 5.98. The number of aromatic nitrogens is 2. The molecule has 3 aromatic rings. The van der Waals surface area contributed by atoms with Crippen molar-refractivity contribution in [2.24, 2.45) is 11.7 Å². The Balaban J connectivity index is 1.27. The number of nitrogens with two attached hydrogens (primary N) is 1. The minimum atomic E-state index is -0.547. The van der Waals surface area contributed by atoms with Gasteiger partial charge in [0, 0.05) is 24.2 Å². The maximum absolute atomic E-state index is 12.8. The normalized spacial score (nSPS) is 15.0. The van der Waals surface area contributed by atoms with E-state index < -0.39 is 11.8 Å². The molecule has 11 nitrogen and oxygen atoms in total. The van der Waals surface area contributed by atoms with Gasteiger partial charge in [0.15, 0.2) is 4.34 Å². The molecule has 1 saturated heterocycles. The molecule has 36 heavy (non-hydrogen) atoms. The van der Waals surface area contributed by atoms with Crippen molar-refractivity contribution >= 4 is 63.2 Å². The van der Waals surface area contributed by atoms with Crippen molar-refractivity contribution < 1.29 is 23.9 Å². The summed E-state index contributed by atoms with van der Waals surface area (Å²) < 4.78 is 5.83. The number of benzene rings is 2. The first-order chi connectivity index (χ1) is 17.3. The molecule has 0 unspecified atom stereocenters. The van der Waals surface area contributed by atoms with Gasteiger partial charge in [-0.2, -0.15) is 0 Å². The number of para-hydroxylation sites is 2. The Hall–Kier alpha value is -3.97. The number of rotatable bonds is 9. The molecule has 13 heteroatoms. The van der Waals surface area contributed by atoms with E-state index in [4.69, 9.17) is 10.5 Å². The van der Waals surface area contributed by atoms with Crippen LogP contribution in [0.4, 0.5) is 16.5 Å². The summed E-state index contributed by atoms with van der Waals surface area (Å²) >= 11 is 2.31. The zero-order valence-electron chi connectivity index (χ0n) is 19.1. The summed E-state index contributed by atoms with van der Waals surface area (Å²) in [5, 5.41) is 13.7. The van der Waals surface area contributed by atoms with Crippen molar-refractivity contribution in [3.05, 3.63) is 54.1 Å². The van der Waals surface area contributed by atoms with Crippen molar-refractivity contribution in [3.63, 3.8) is 0 Å². The number of anilines is 3. The maximum Gasteiger partial charge on any atom is 0.248 e. The van der Waals surface area contributed by atoms with Gasteiger partial charge in [0.1, 0.15) is 5.75 Å². The monoisotopic (exact) mass is 526 g/mol. The number of carbonyl (C=O) groups is 4. The van der Waals surface area contributed by atoms with Gasteiger partial charge in [-0.3, -0.25) is 19.2 Å². The van der Waals surface area contributed by atoms with Crippen LogP contribution in [-0.2, 0) is 14.4 Å². The Morgan fingerprint density at radius 2 is 1.89 bits per heavy atom. The lowest BCUT2D eigenvalue weighted by atomic mass is 10.1. The predicted octanol–water partition coefficient (Wildman–Crippen LogP) is 2.37. The molecule has 186 valence electrons. The molecular formula is C23H22N6O5S2. The highest BCUT2D eigenvalue weighted by atomic mass is 32.2. The average molecular weight is 527 g/mol. The highest BCUT2D eigenvalue weighted by molar-refractivity contribution is 8.01. The van der Waals surface area contributed by atoms with Crippen LogP contribution < -0.4 is 26.0 Å². The predicted molar refractivity (Wildman–Crippen MR) is 136 cm³/mol. The van der Waals surface area contributed by atoms with E-state index in [1.54, 1.807) is 35.2 Å². The SMILES string of the molecule is COc1ccccc1N1C[C@@H](C(=O)Nc2nnc(SCC(=O)Nc3ccc(C(N)=O)cc3)s2)CC1=O. The van der Waals surface area contributed by atoms with Crippen LogP contribution in [0.3, 0.4) is 0 Å².